The zero-order valence-electron chi connectivity index (χ0n) is 10.2. The molecule has 0 unspecified atom stereocenters. The van der Waals surface area contributed by atoms with Crippen LogP contribution in [0.15, 0.2) is 35.4 Å². The fraction of sp³-hybridized carbons (Fsp3) is 0.286. The molecule has 0 N–H and O–H groups in total. The van der Waals surface area contributed by atoms with Crippen molar-refractivity contribution < 1.29 is 4.79 Å². The van der Waals surface area contributed by atoms with Crippen molar-refractivity contribution in [2.45, 2.75) is 13.3 Å². The van der Waals surface area contributed by atoms with Crippen molar-refractivity contribution in [2.24, 2.45) is 5.10 Å². The van der Waals surface area contributed by atoms with Crippen LogP contribution in [0.4, 0.5) is 0 Å². The van der Waals surface area contributed by atoms with Crippen molar-refractivity contribution in [3.05, 3.63) is 35.9 Å². The summed E-state index contributed by atoms with van der Waals surface area (Å²) in [5.41, 5.74) is 1.04. The molecule has 0 saturated heterocycles. The number of hydrogen-bond donors (Lipinski definition) is 0. The third-order valence-corrected chi connectivity index (χ3v) is 3.37. The molecular weight excluding hydrogens is 244 g/mol. The summed E-state index contributed by atoms with van der Waals surface area (Å²) in [7, 11) is 0. The van der Waals surface area contributed by atoms with E-state index >= 15 is 0 Å². The second-order valence-electron chi connectivity index (χ2n) is 3.72. The molecule has 1 amide bonds. The standard InChI is InChI=1S/C14H14N2OS/c1-2-3-7-10-16-13(17)11-18-14(15-16)12-8-5-4-6-9-12/h4-6,8-9H,2,10-11H2,1H3. The van der Waals surface area contributed by atoms with Gasteiger partial charge in [-0.25, -0.2) is 5.01 Å². The molecule has 0 aromatic heterocycles. The number of hydrogen-bond acceptors (Lipinski definition) is 3. The molecule has 1 aromatic rings. The maximum atomic E-state index is 11.7. The Morgan fingerprint density at radius 2 is 2.11 bits per heavy atom. The van der Waals surface area contributed by atoms with Crippen molar-refractivity contribution in [3.63, 3.8) is 0 Å². The van der Waals surface area contributed by atoms with Crippen LogP contribution in [-0.4, -0.2) is 28.3 Å². The highest BCUT2D eigenvalue weighted by Gasteiger charge is 2.20. The van der Waals surface area contributed by atoms with Gasteiger partial charge in [-0.2, -0.15) is 5.10 Å². The summed E-state index contributed by atoms with van der Waals surface area (Å²) in [6.45, 7) is 2.36. The van der Waals surface area contributed by atoms with E-state index in [1.807, 2.05) is 37.3 Å². The van der Waals surface area contributed by atoms with Crippen LogP contribution in [0.2, 0.25) is 0 Å². The lowest BCUT2D eigenvalue weighted by molar-refractivity contribution is -0.127. The molecule has 0 bridgehead atoms. The van der Waals surface area contributed by atoms with E-state index in [-0.39, 0.29) is 5.91 Å². The molecule has 4 heteroatoms. The summed E-state index contributed by atoms with van der Waals surface area (Å²) in [5, 5.41) is 6.71. The molecule has 92 valence electrons. The van der Waals surface area contributed by atoms with Crippen LogP contribution >= 0.6 is 11.8 Å². The van der Waals surface area contributed by atoms with Crippen molar-refractivity contribution in [1.82, 2.24) is 5.01 Å². The number of benzene rings is 1. The quantitative estimate of drug-likeness (QED) is 0.763. The van der Waals surface area contributed by atoms with Gasteiger partial charge >= 0.3 is 0 Å². The molecule has 1 aromatic carbocycles. The molecule has 0 saturated carbocycles. The van der Waals surface area contributed by atoms with E-state index in [0.717, 1.165) is 17.0 Å². The van der Waals surface area contributed by atoms with Gasteiger partial charge in [-0.05, 0) is 0 Å². The van der Waals surface area contributed by atoms with Crippen molar-refractivity contribution in [3.8, 4) is 11.8 Å². The molecule has 0 spiro atoms. The number of nitrogens with zero attached hydrogens (tertiary/aromatic N) is 2. The minimum Gasteiger partial charge on any atom is -0.272 e. The molecule has 1 aliphatic rings. The van der Waals surface area contributed by atoms with Gasteiger partial charge in [-0.3, -0.25) is 4.79 Å². The van der Waals surface area contributed by atoms with Crippen LogP contribution in [-0.2, 0) is 4.79 Å². The Kier molecular flexibility index (Phi) is 4.43. The Labute approximate surface area is 111 Å². The topological polar surface area (TPSA) is 32.7 Å². The summed E-state index contributed by atoms with van der Waals surface area (Å²) in [6.07, 6.45) is 0.798. The van der Waals surface area contributed by atoms with Crippen LogP contribution in [0.3, 0.4) is 0 Å². The first-order valence-corrected chi connectivity index (χ1v) is 6.82. The first-order chi connectivity index (χ1) is 8.81. The fourth-order valence-corrected chi connectivity index (χ4v) is 2.37. The number of thioether (sulfide) groups is 1. The molecule has 3 nitrogen and oxygen atoms in total. The Morgan fingerprint density at radius 3 is 2.83 bits per heavy atom. The molecule has 0 aliphatic carbocycles. The van der Waals surface area contributed by atoms with Gasteiger partial charge in [-0.1, -0.05) is 54.9 Å². The average Bonchev–Trinajstić information content (AvgIpc) is 2.42. The maximum Gasteiger partial charge on any atom is 0.254 e. The molecule has 1 aliphatic heterocycles. The SMILES string of the molecule is CCC#CCN1N=C(c2ccccc2)SCC1=O. The summed E-state index contributed by atoms with van der Waals surface area (Å²) < 4.78 is 0. The molecular formula is C14H14N2OS. The van der Waals surface area contributed by atoms with E-state index in [0.29, 0.717) is 12.3 Å². The third kappa shape index (κ3) is 3.14. The predicted octanol–water partition coefficient (Wildman–Crippen LogP) is 2.34. The lowest BCUT2D eigenvalue weighted by Gasteiger charge is -2.21. The van der Waals surface area contributed by atoms with Gasteiger partial charge in [0.25, 0.3) is 5.91 Å². The molecule has 2 rings (SSSR count). The third-order valence-electron chi connectivity index (χ3n) is 2.38. The Hall–Kier alpha value is -1.73. The predicted molar refractivity (Wildman–Crippen MR) is 75.2 cm³/mol. The Balaban J connectivity index is 2.17. The highest BCUT2D eigenvalue weighted by atomic mass is 32.2. The van der Waals surface area contributed by atoms with Gasteiger partial charge in [-0.15, -0.1) is 5.92 Å². The number of amides is 1. The van der Waals surface area contributed by atoms with E-state index in [1.165, 1.54) is 16.8 Å². The maximum absolute atomic E-state index is 11.7. The fourth-order valence-electron chi connectivity index (χ4n) is 1.50. The minimum absolute atomic E-state index is 0.0186. The summed E-state index contributed by atoms with van der Waals surface area (Å²) in [6, 6.07) is 9.90. The minimum atomic E-state index is 0.0186. The van der Waals surface area contributed by atoms with Gasteiger partial charge in [0, 0.05) is 12.0 Å². The molecule has 0 atom stereocenters. The van der Waals surface area contributed by atoms with Crippen LogP contribution in [0.1, 0.15) is 18.9 Å². The molecule has 18 heavy (non-hydrogen) atoms. The summed E-state index contributed by atoms with van der Waals surface area (Å²) in [5.74, 6) is 6.35. The van der Waals surface area contributed by atoms with Crippen molar-refractivity contribution in [2.75, 3.05) is 12.3 Å². The van der Waals surface area contributed by atoms with Crippen LogP contribution < -0.4 is 0 Å². The van der Waals surface area contributed by atoms with Gasteiger partial charge in [0.15, 0.2) is 0 Å². The van der Waals surface area contributed by atoms with E-state index in [9.17, 15) is 4.79 Å². The summed E-state index contributed by atoms with van der Waals surface area (Å²) >= 11 is 1.48. The van der Waals surface area contributed by atoms with Gasteiger partial charge < -0.3 is 0 Å². The molecule has 0 fully saturated rings. The first kappa shape index (κ1) is 12.7. The van der Waals surface area contributed by atoms with Crippen LogP contribution in [0.25, 0.3) is 0 Å². The van der Waals surface area contributed by atoms with Crippen LogP contribution in [0, 0.1) is 11.8 Å². The number of carbonyl (C=O) groups excluding carboxylic acids is 1. The lowest BCUT2D eigenvalue weighted by atomic mass is 10.2. The zero-order chi connectivity index (χ0) is 12.8. The van der Waals surface area contributed by atoms with E-state index in [1.54, 1.807) is 0 Å². The van der Waals surface area contributed by atoms with Crippen LogP contribution in [0.5, 0.6) is 0 Å². The highest BCUT2D eigenvalue weighted by Crippen LogP contribution is 2.19. The smallest absolute Gasteiger partial charge is 0.254 e. The largest absolute Gasteiger partial charge is 0.272 e. The first-order valence-electron chi connectivity index (χ1n) is 5.84. The number of carbonyl (C=O) groups is 1. The Bertz CT molecular complexity index is 514. The number of hydrazone groups is 1. The molecule has 1 heterocycles. The van der Waals surface area contributed by atoms with Gasteiger partial charge in [0.1, 0.15) is 11.6 Å². The van der Waals surface area contributed by atoms with E-state index < -0.39 is 0 Å². The average molecular weight is 258 g/mol. The normalized spacial score (nSPS) is 14.8. The zero-order valence-corrected chi connectivity index (χ0v) is 11.0. The second kappa shape index (κ2) is 6.27. The van der Waals surface area contributed by atoms with E-state index in [2.05, 4.69) is 16.9 Å². The van der Waals surface area contributed by atoms with Crippen molar-refractivity contribution in [1.29, 1.82) is 0 Å². The highest BCUT2D eigenvalue weighted by molar-refractivity contribution is 8.15. The number of rotatable bonds is 2. The van der Waals surface area contributed by atoms with Gasteiger partial charge in [0.05, 0.1) is 5.75 Å². The Morgan fingerprint density at radius 1 is 1.33 bits per heavy atom. The lowest BCUT2D eigenvalue weighted by Crippen LogP contribution is -2.33. The summed E-state index contributed by atoms with van der Waals surface area (Å²) in [4.78, 5) is 11.7. The monoisotopic (exact) mass is 258 g/mol. The second-order valence-corrected chi connectivity index (χ2v) is 4.68. The van der Waals surface area contributed by atoms with E-state index in [4.69, 9.17) is 0 Å². The molecule has 0 radical (unpaired) electrons. The van der Waals surface area contributed by atoms with Gasteiger partial charge in [0.2, 0.25) is 0 Å². The van der Waals surface area contributed by atoms with Crippen molar-refractivity contribution >= 4 is 22.7 Å².